The molecular formula is C16H32N2O2. The van der Waals surface area contributed by atoms with Crippen LogP contribution >= 0.6 is 0 Å². The van der Waals surface area contributed by atoms with Gasteiger partial charge in [0.25, 0.3) is 0 Å². The highest BCUT2D eigenvalue weighted by molar-refractivity contribution is 5.54. The Morgan fingerprint density at radius 2 is 1.50 bits per heavy atom. The molecule has 2 aliphatic carbocycles. The Bertz CT molecular complexity index is 249. The minimum Gasteiger partial charge on any atom is -0.396 e. The lowest BCUT2D eigenvalue weighted by Gasteiger charge is -2.29. The molecule has 0 saturated heterocycles. The van der Waals surface area contributed by atoms with Gasteiger partial charge >= 0.3 is 0 Å². The van der Waals surface area contributed by atoms with Gasteiger partial charge in [-0.1, -0.05) is 25.7 Å². The molecule has 0 aliphatic heterocycles. The number of nitrogens with one attached hydrogen (secondary N) is 2. The summed E-state index contributed by atoms with van der Waals surface area (Å²) in [5, 5.41) is 15.4. The van der Waals surface area contributed by atoms with Crippen LogP contribution in [0.25, 0.3) is 0 Å². The first-order valence-corrected chi connectivity index (χ1v) is 8.17. The van der Waals surface area contributed by atoms with Gasteiger partial charge in [0.2, 0.25) is 0 Å². The molecule has 0 heterocycles. The average molecular weight is 284 g/mol. The fourth-order valence-corrected chi connectivity index (χ4v) is 3.49. The summed E-state index contributed by atoms with van der Waals surface area (Å²) in [5.41, 5.74) is 0. The van der Waals surface area contributed by atoms with E-state index in [1.54, 1.807) is 0 Å². The number of hydrogen-bond donors (Lipinski definition) is 3. The summed E-state index contributed by atoms with van der Waals surface area (Å²) in [5.74, 6) is 0.789. The number of aliphatic hydroxyl groups is 1. The Morgan fingerprint density at radius 3 is 1.95 bits per heavy atom. The molecule has 4 atom stereocenters. The zero-order valence-corrected chi connectivity index (χ0v) is 13.1. The van der Waals surface area contributed by atoms with Crippen LogP contribution in [0.2, 0.25) is 0 Å². The van der Waals surface area contributed by atoms with Crippen LogP contribution in [-0.2, 0) is 4.79 Å². The van der Waals surface area contributed by atoms with Gasteiger partial charge < -0.3 is 20.5 Å². The Kier molecular flexibility index (Phi) is 9.07. The molecule has 0 aromatic heterocycles. The third-order valence-electron chi connectivity index (χ3n) is 4.88. The molecule has 0 bridgehead atoms. The van der Waals surface area contributed by atoms with E-state index >= 15 is 0 Å². The second-order valence-electron chi connectivity index (χ2n) is 6.10. The number of carbonyl (C=O) groups is 1. The molecule has 4 nitrogen and oxygen atoms in total. The van der Waals surface area contributed by atoms with E-state index in [9.17, 15) is 4.79 Å². The van der Waals surface area contributed by atoms with Crippen molar-refractivity contribution in [2.24, 2.45) is 11.8 Å². The number of aldehydes is 1. The predicted molar refractivity (Wildman–Crippen MR) is 82.8 cm³/mol. The summed E-state index contributed by atoms with van der Waals surface area (Å²) in [6.45, 7) is 0.353. The van der Waals surface area contributed by atoms with Crippen LogP contribution in [0, 0.1) is 11.8 Å². The van der Waals surface area contributed by atoms with Crippen LogP contribution in [0.3, 0.4) is 0 Å². The summed E-state index contributed by atoms with van der Waals surface area (Å²) in [6.07, 6.45) is 10.9. The maximum absolute atomic E-state index is 10.5. The lowest BCUT2D eigenvalue weighted by molar-refractivity contribution is -0.112. The van der Waals surface area contributed by atoms with E-state index in [0.717, 1.165) is 12.7 Å². The van der Waals surface area contributed by atoms with E-state index < -0.39 is 0 Å². The van der Waals surface area contributed by atoms with Gasteiger partial charge in [0.1, 0.15) is 6.29 Å². The molecule has 0 radical (unpaired) electrons. The molecule has 0 aromatic rings. The quantitative estimate of drug-likeness (QED) is 0.688. The summed E-state index contributed by atoms with van der Waals surface area (Å²) in [4.78, 5) is 10.5. The average Bonchev–Trinajstić information content (AvgIpc) is 2.55. The molecule has 2 aliphatic rings. The Balaban J connectivity index is 0.000000200. The topological polar surface area (TPSA) is 61.4 Å². The van der Waals surface area contributed by atoms with E-state index in [1.807, 2.05) is 14.1 Å². The normalized spacial score (nSPS) is 34.0. The number of hydrogen-bond acceptors (Lipinski definition) is 4. The Labute approximate surface area is 123 Å². The minimum absolute atomic E-state index is 0.277. The monoisotopic (exact) mass is 284 g/mol. The minimum atomic E-state index is 0.277. The lowest BCUT2D eigenvalue weighted by atomic mass is 9.85. The molecule has 3 N–H and O–H groups in total. The molecule has 0 spiro atoms. The molecule has 2 saturated carbocycles. The van der Waals surface area contributed by atoms with Gasteiger partial charge in [0.15, 0.2) is 0 Å². The molecule has 4 heteroatoms. The van der Waals surface area contributed by atoms with Gasteiger partial charge in [-0.05, 0) is 45.7 Å². The first kappa shape index (κ1) is 17.6. The third kappa shape index (κ3) is 5.51. The van der Waals surface area contributed by atoms with E-state index in [4.69, 9.17) is 5.11 Å². The maximum atomic E-state index is 10.5. The fraction of sp³-hybridized carbons (Fsp3) is 0.938. The van der Waals surface area contributed by atoms with Gasteiger partial charge in [-0.2, -0.15) is 0 Å². The summed E-state index contributed by atoms with van der Waals surface area (Å²) in [7, 11) is 3.92. The SMILES string of the molecule is CN[C@@H]1CCCC[C@H]1C=O.CN[C@@H]1CCCC[C@H]1CO. The summed E-state index contributed by atoms with van der Waals surface area (Å²) < 4.78 is 0. The summed E-state index contributed by atoms with van der Waals surface area (Å²) >= 11 is 0. The van der Waals surface area contributed by atoms with Crippen molar-refractivity contribution in [1.82, 2.24) is 10.6 Å². The van der Waals surface area contributed by atoms with E-state index in [-0.39, 0.29) is 5.92 Å². The van der Waals surface area contributed by atoms with Crippen molar-refractivity contribution in [2.45, 2.75) is 63.5 Å². The molecule has 0 aromatic carbocycles. The van der Waals surface area contributed by atoms with Crippen molar-refractivity contribution >= 4 is 6.29 Å². The largest absolute Gasteiger partial charge is 0.396 e. The van der Waals surface area contributed by atoms with Crippen LogP contribution in [0.1, 0.15) is 51.4 Å². The van der Waals surface area contributed by atoms with E-state index in [0.29, 0.717) is 24.6 Å². The first-order valence-electron chi connectivity index (χ1n) is 8.17. The van der Waals surface area contributed by atoms with Gasteiger partial charge in [0.05, 0.1) is 0 Å². The number of aliphatic hydroxyl groups excluding tert-OH is 1. The maximum Gasteiger partial charge on any atom is 0.124 e. The molecule has 0 unspecified atom stereocenters. The highest BCUT2D eigenvalue weighted by Crippen LogP contribution is 2.23. The van der Waals surface area contributed by atoms with Crippen molar-refractivity contribution < 1.29 is 9.90 Å². The van der Waals surface area contributed by atoms with Crippen molar-refractivity contribution in [3.8, 4) is 0 Å². The second kappa shape index (κ2) is 10.3. The second-order valence-corrected chi connectivity index (χ2v) is 6.10. The molecule has 2 rings (SSSR count). The third-order valence-corrected chi connectivity index (χ3v) is 4.88. The summed E-state index contributed by atoms with van der Waals surface area (Å²) in [6, 6.07) is 1.02. The molecule has 0 amide bonds. The van der Waals surface area contributed by atoms with Crippen molar-refractivity contribution in [1.29, 1.82) is 0 Å². The standard InChI is InChI=1S/C8H17NO.C8H15NO/c2*1-9-8-5-3-2-4-7(8)6-10/h7-10H,2-6H2,1H3;6-9H,2-5H2,1H3/t2*7-,8+/m00/s1. The fourth-order valence-electron chi connectivity index (χ4n) is 3.49. The van der Waals surface area contributed by atoms with Gasteiger partial charge in [-0.25, -0.2) is 0 Å². The van der Waals surface area contributed by atoms with Crippen molar-refractivity contribution in [3.63, 3.8) is 0 Å². The molecule has 118 valence electrons. The van der Waals surface area contributed by atoms with Gasteiger partial charge in [-0.3, -0.25) is 0 Å². The Hall–Kier alpha value is -0.450. The Morgan fingerprint density at radius 1 is 0.950 bits per heavy atom. The molecule has 2 fully saturated rings. The van der Waals surface area contributed by atoms with Crippen LogP contribution < -0.4 is 10.6 Å². The zero-order chi connectivity index (χ0) is 14.8. The van der Waals surface area contributed by atoms with Crippen LogP contribution in [0.5, 0.6) is 0 Å². The smallest absolute Gasteiger partial charge is 0.124 e. The number of carbonyl (C=O) groups excluding carboxylic acids is 1. The van der Waals surface area contributed by atoms with Gasteiger partial charge in [0, 0.05) is 24.6 Å². The van der Waals surface area contributed by atoms with Crippen molar-refractivity contribution in [3.05, 3.63) is 0 Å². The highest BCUT2D eigenvalue weighted by atomic mass is 16.3. The highest BCUT2D eigenvalue weighted by Gasteiger charge is 2.23. The van der Waals surface area contributed by atoms with Crippen LogP contribution in [0.15, 0.2) is 0 Å². The van der Waals surface area contributed by atoms with Crippen LogP contribution in [0.4, 0.5) is 0 Å². The predicted octanol–water partition coefficient (Wildman–Crippen LogP) is 1.72. The van der Waals surface area contributed by atoms with E-state index in [1.165, 1.54) is 44.9 Å². The first-order chi connectivity index (χ1) is 9.76. The lowest BCUT2D eigenvalue weighted by Crippen LogP contribution is -2.37. The van der Waals surface area contributed by atoms with Crippen molar-refractivity contribution in [2.75, 3.05) is 20.7 Å². The zero-order valence-electron chi connectivity index (χ0n) is 13.1. The van der Waals surface area contributed by atoms with E-state index in [2.05, 4.69) is 10.6 Å². The number of rotatable bonds is 4. The van der Waals surface area contributed by atoms with Crippen LogP contribution in [-0.4, -0.2) is 44.2 Å². The molecular weight excluding hydrogens is 252 g/mol. The molecule has 20 heavy (non-hydrogen) atoms. The van der Waals surface area contributed by atoms with Gasteiger partial charge in [-0.15, -0.1) is 0 Å².